The summed E-state index contributed by atoms with van der Waals surface area (Å²) in [5.41, 5.74) is 10.0. The quantitative estimate of drug-likeness (QED) is 0.649. The van der Waals surface area contributed by atoms with Crippen LogP contribution < -0.4 is 11.1 Å². The summed E-state index contributed by atoms with van der Waals surface area (Å²) in [5.74, 6) is 1.04. The van der Waals surface area contributed by atoms with Gasteiger partial charge < -0.3 is 16.0 Å². The van der Waals surface area contributed by atoms with Crippen molar-refractivity contribution >= 4 is 28.6 Å². The largest absolute Gasteiger partial charge is 0.382 e. The van der Waals surface area contributed by atoms with Crippen LogP contribution in [0.5, 0.6) is 0 Å². The molecule has 1 aromatic carbocycles. The van der Waals surface area contributed by atoms with Crippen LogP contribution in [-0.2, 0) is 17.6 Å². The maximum atomic E-state index is 11.4. The van der Waals surface area contributed by atoms with E-state index in [-0.39, 0.29) is 5.91 Å². The number of rotatable bonds is 2. The number of carbonyl (C=O) groups is 1. The van der Waals surface area contributed by atoms with Crippen molar-refractivity contribution in [3.8, 4) is 0 Å². The van der Waals surface area contributed by atoms with Gasteiger partial charge in [-0.1, -0.05) is 12.1 Å². The van der Waals surface area contributed by atoms with Gasteiger partial charge in [-0.15, -0.1) is 0 Å². The van der Waals surface area contributed by atoms with Gasteiger partial charge in [-0.2, -0.15) is 0 Å². The third-order valence-corrected chi connectivity index (χ3v) is 3.52. The van der Waals surface area contributed by atoms with E-state index in [1.807, 2.05) is 18.2 Å². The van der Waals surface area contributed by atoms with E-state index in [0.29, 0.717) is 35.6 Å². The highest BCUT2D eigenvalue weighted by Crippen LogP contribution is 2.25. The fourth-order valence-corrected chi connectivity index (χ4v) is 2.56. The molecule has 3 aromatic rings. The predicted molar refractivity (Wildman–Crippen MR) is 77.7 cm³/mol. The lowest BCUT2D eigenvalue weighted by Crippen LogP contribution is -2.03. The van der Waals surface area contributed by atoms with Crippen molar-refractivity contribution in [2.24, 2.45) is 0 Å². The number of nitrogens with two attached hydrogens (primary N) is 1. The molecular weight excluding hydrogens is 268 g/mol. The molecule has 0 bridgehead atoms. The topological polar surface area (TPSA) is 110 Å². The number of hydrogen-bond donors (Lipinski definition) is 3. The highest BCUT2D eigenvalue weighted by atomic mass is 16.1. The van der Waals surface area contributed by atoms with Crippen molar-refractivity contribution in [1.82, 2.24) is 19.9 Å². The van der Waals surface area contributed by atoms with Gasteiger partial charge in [-0.3, -0.25) is 4.79 Å². The molecule has 0 radical (unpaired) electrons. The number of nitrogens with zero attached hydrogens (tertiary/aromatic N) is 3. The van der Waals surface area contributed by atoms with Gasteiger partial charge in [0.1, 0.15) is 11.3 Å². The Morgan fingerprint density at radius 3 is 3.10 bits per heavy atom. The first-order chi connectivity index (χ1) is 10.2. The zero-order chi connectivity index (χ0) is 14.4. The average Bonchev–Trinajstić information content (AvgIpc) is 3.03. The predicted octanol–water partition coefficient (Wildman–Crippen LogP) is 1.02. The Labute approximate surface area is 119 Å². The Morgan fingerprint density at radius 1 is 1.29 bits per heavy atom. The zero-order valence-corrected chi connectivity index (χ0v) is 11.1. The Morgan fingerprint density at radius 2 is 2.19 bits per heavy atom. The number of aromatic nitrogens is 4. The second-order valence-electron chi connectivity index (χ2n) is 5.02. The van der Waals surface area contributed by atoms with Crippen LogP contribution in [0.4, 0.5) is 11.5 Å². The number of benzene rings is 1. The third-order valence-electron chi connectivity index (χ3n) is 3.52. The fraction of sp³-hybridized carbons (Fsp3) is 0.143. The number of anilines is 2. The van der Waals surface area contributed by atoms with Crippen LogP contribution in [0, 0.1) is 0 Å². The number of carbonyl (C=O) groups excluding carboxylic acids is 1. The molecule has 3 heterocycles. The summed E-state index contributed by atoms with van der Waals surface area (Å²) < 4.78 is 0. The molecule has 0 fully saturated rings. The van der Waals surface area contributed by atoms with E-state index in [0.717, 1.165) is 16.8 Å². The number of H-pyrrole nitrogens is 1. The second-order valence-corrected chi connectivity index (χ2v) is 5.02. The van der Waals surface area contributed by atoms with Crippen LogP contribution in [0.25, 0.3) is 11.2 Å². The molecule has 2 aromatic heterocycles. The molecule has 21 heavy (non-hydrogen) atoms. The first-order valence-corrected chi connectivity index (χ1v) is 6.56. The minimum atomic E-state index is 0.0283. The second kappa shape index (κ2) is 4.27. The fourth-order valence-electron chi connectivity index (χ4n) is 2.56. The van der Waals surface area contributed by atoms with Crippen molar-refractivity contribution in [2.45, 2.75) is 12.8 Å². The highest BCUT2D eigenvalue weighted by Gasteiger charge is 2.17. The monoisotopic (exact) mass is 280 g/mol. The van der Waals surface area contributed by atoms with E-state index in [2.05, 4.69) is 25.3 Å². The van der Waals surface area contributed by atoms with E-state index in [1.165, 1.54) is 0 Å². The van der Waals surface area contributed by atoms with Crippen molar-refractivity contribution in [3.05, 3.63) is 41.5 Å². The molecule has 1 aliphatic rings. The standard InChI is InChI=1S/C14H12N6O/c15-13-12-14(17-6-16-12)20-10(19-13)4-7-1-2-9-8(3-7)5-11(21)18-9/h1-3,6H,4-5H2,(H,18,21)(H3,15,16,17,19,20). The summed E-state index contributed by atoms with van der Waals surface area (Å²) in [7, 11) is 0. The maximum absolute atomic E-state index is 11.4. The van der Waals surface area contributed by atoms with Gasteiger partial charge in [0.2, 0.25) is 5.91 Å². The average molecular weight is 280 g/mol. The van der Waals surface area contributed by atoms with Gasteiger partial charge in [-0.25, -0.2) is 15.0 Å². The Kier molecular flexibility index (Phi) is 2.41. The van der Waals surface area contributed by atoms with Crippen LogP contribution >= 0.6 is 0 Å². The number of nitrogen functional groups attached to an aromatic ring is 1. The third kappa shape index (κ3) is 1.99. The molecule has 7 heteroatoms. The van der Waals surface area contributed by atoms with Crippen LogP contribution in [0.15, 0.2) is 24.5 Å². The molecule has 0 spiro atoms. The summed E-state index contributed by atoms with van der Waals surface area (Å²) in [4.78, 5) is 27.1. The lowest BCUT2D eigenvalue weighted by atomic mass is 10.1. The van der Waals surface area contributed by atoms with Crippen molar-refractivity contribution in [1.29, 1.82) is 0 Å². The van der Waals surface area contributed by atoms with Crippen molar-refractivity contribution < 1.29 is 4.79 Å². The molecule has 1 aliphatic heterocycles. The summed E-state index contributed by atoms with van der Waals surface area (Å²) in [6.07, 6.45) is 2.52. The summed E-state index contributed by atoms with van der Waals surface area (Å²) in [6.45, 7) is 0. The normalized spacial score (nSPS) is 13.4. The Balaban J connectivity index is 1.68. The molecule has 0 atom stereocenters. The smallest absolute Gasteiger partial charge is 0.228 e. The van der Waals surface area contributed by atoms with E-state index in [4.69, 9.17) is 5.73 Å². The van der Waals surface area contributed by atoms with E-state index in [9.17, 15) is 4.79 Å². The Hall–Kier alpha value is -2.96. The van der Waals surface area contributed by atoms with E-state index >= 15 is 0 Å². The van der Waals surface area contributed by atoms with Crippen molar-refractivity contribution in [2.75, 3.05) is 11.1 Å². The first kappa shape index (κ1) is 11.8. The lowest BCUT2D eigenvalue weighted by molar-refractivity contribution is -0.115. The number of amides is 1. The minimum Gasteiger partial charge on any atom is -0.382 e. The molecule has 1 amide bonds. The van der Waals surface area contributed by atoms with Crippen LogP contribution in [0.1, 0.15) is 17.0 Å². The van der Waals surface area contributed by atoms with E-state index in [1.54, 1.807) is 6.33 Å². The van der Waals surface area contributed by atoms with Crippen LogP contribution in [-0.4, -0.2) is 25.8 Å². The molecule has 0 saturated carbocycles. The molecule has 0 unspecified atom stereocenters. The first-order valence-electron chi connectivity index (χ1n) is 6.56. The van der Waals surface area contributed by atoms with Gasteiger partial charge in [0.25, 0.3) is 0 Å². The van der Waals surface area contributed by atoms with Crippen molar-refractivity contribution in [3.63, 3.8) is 0 Å². The minimum absolute atomic E-state index is 0.0283. The highest BCUT2D eigenvalue weighted by molar-refractivity contribution is 5.99. The number of imidazole rings is 1. The Bertz CT molecular complexity index is 869. The summed E-state index contributed by atoms with van der Waals surface area (Å²) >= 11 is 0. The maximum Gasteiger partial charge on any atom is 0.228 e. The molecular formula is C14H12N6O. The number of hydrogen-bond acceptors (Lipinski definition) is 5. The molecule has 0 aliphatic carbocycles. The van der Waals surface area contributed by atoms with Crippen LogP contribution in [0.2, 0.25) is 0 Å². The van der Waals surface area contributed by atoms with Crippen LogP contribution in [0.3, 0.4) is 0 Å². The molecule has 104 valence electrons. The molecule has 4 N–H and O–H groups in total. The molecule has 0 saturated heterocycles. The number of fused-ring (bicyclic) bond motifs is 2. The molecule has 4 rings (SSSR count). The van der Waals surface area contributed by atoms with Gasteiger partial charge in [0, 0.05) is 12.1 Å². The van der Waals surface area contributed by atoms with Gasteiger partial charge in [-0.05, 0) is 17.2 Å². The van der Waals surface area contributed by atoms with Gasteiger partial charge in [0.15, 0.2) is 11.5 Å². The molecule has 7 nitrogen and oxygen atoms in total. The summed E-state index contributed by atoms with van der Waals surface area (Å²) in [6, 6.07) is 5.87. The number of aromatic amines is 1. The van der Waals surface area contributed by atoms with E-state index < -0.39 is 0 Å². The van der Waals surface area contributed by atoms with Gasteiger partial charge >= 0.3 is 0 Å². The SMILES string of the molecule is Nc1nc(Cc2ccc3c(c2)CC(=O)N3)nc2nc[nH]c12. The summed E-state index contributed by atoms with van der Waals surface area (Å²) in [5, 5.41) is 2.81. The van der Waals surface area contributed by atoms with Gasteiger partial charge in [0.05, 0.1) is 12.7 Å². The lowest BCUT2D eigenvalue weighted by Gasteiger charge is -2.04. The zero-order valence-electron chi connectivity index (χ0n) is 11.1. The number of nitrogens with one attached hydrogen (secondary N) is 2.